The second-order valence-corrected chi connectivity index (χ2v) is 6.68. The lowest BCUT2D eigenvalue weighted by Crippen LogP contribution is -2.36. The number of hydrogen-bond donors (Lipinski definition) is 2. The number of aromatic nitrogens is 2. The van der Waals surface area contributed by atoms with Gasteiger partial charge in [0.05, 0.1) is 37.0 Å². The summed E-state index contributed by atoms with van der Waals surface area (Å²) in [5.41, 5.74) is 1.99. The number of carbonyl (C=O) groups is 2. The van der Waals surface area contributed by atoms with Crippen molar-refractivity contribution in [2.45, 2.75) is 12.8 Å². The number of hydrogen-bond acceptors (Lipinski definition) is 6. The molecule has 8 heteroatoms. The van der Waals surface area contributed by atoms with Crippen LogP contribution >= 0.6 is 0 Å². The first-order valence-corrected chi connectivity index (χ1v) is 9.05. The molecule has 1 aliphatic heterocycles. The van der Waals surface area contributed by atoms with Gasteiger partial charge in [-0.1, -0.05) is 0 Å². The average Bonchev–Trinajstić information content (AvgIpc) is 3.54. The largest absolute Gasteiger partial charge is 0.378 e. The zero-order chi connectivity index (χ0) is 18.6. The minimum absolute atomic E-state index is 0.0394. The molecule has 0 unspecified atom stereocenters. The number of amides is 2. The molecule has 8 nitrogen and oxygen atoms in total. The van der Waals surface area contributed by atoms with Gasteiger partial charge in [0.25, 0.3) is 5.91 Å². The highest BCUT2D eigenvalue weighted by atomic mass is 16.5. The third kappa shape index (κ3) is 4.40. The maximum atomic E-state index is 12.6. The molecule has 1 saturated heterocycles. The zero-order valence-electron chi connectivity index (χ0n) is 14.9. The summed E-state index contributed by atoms with van der Waals surface area (Å²) in [6.45, 7) is 2.97. The molecule has 27 heavy (non-hydrogen) atoms. The topological polar surface area (TPSA) is 96.5 Å². The van der Waals surface area contributed by atoms with Gasteiger partial charge in [-0.15, -0.1) is 0 Å². The molecule has 0 bridgehead atoms. The quantitative estimate of drug-likeness (QED) is 0.838. The van der Waals surface area contributed by atoms with Crippen molar-refractivity contribution in [1.82, 2.24) is 9.97 Å². The van der Waals surface area contributed by atoms with Crippen LogP contribution < -0.4 is 15.5 Å². The molecule has 2 aromatic rings. The number of anilines is 3. The number of morpholine rings is 1. The molecule has 0 spiro atoms. The summed E-state index contributed by atoms with van der Waals surface area (Å²) < 4.78 is 5.36. The van der Waals surface area contributed by atoms with Crippen LogP contribution in [-0.2, 0) is 9.53 Å². The predicted molar refractivity (Wildman–Crippen MR) is 101 cm³/mol. The second-order valence-electron chi connectivity index (χ2n) is 6.68. The van der Waals surface area contributed by atoms with Gasteiger partial charge < -0.3 is 20.3 Å². The Morgan fingerprint density at radius 3 is 2.70 bits per heavy atom. The Morgan fingerprint density at radius 2 is 1.93 bits per heavy atom. The van der Waals surface area contributed by atoms with Gasteiger partial charge in [0.2, 0.25) is 5.91 Å². The normalized spacial score (nSPS) is 16.7. The van der Waals surface area contributed by atoms with Crippen LogP contribution in [0.2, 0.25) is 0 Å². The maximum Gasteiger partial charge on any atom is 0.255 e. The van der Waals surface area contributed by atoms with Crippen molar-refractivity contribution in [2.24, 2.45) is 5.92 Å². The molecule has 2 aromatic heterocycles. The van der Waals surface area contributed by atoms with Crippen LogP contribution in [-0.4, -0.2) is 48.1 Å². The van der Waals surface area contributed by atoms with Crippen molar-refractivity contribution in [3.8, 4) is 0 Å². The van der Waals surface area contributed by atoms with E-state index in [9.17, 15) is 9.59 Å². The van der Waals surface area contributed by atoms with Crippen LogP contribution in [0.15, 0.2) is 36.8 Å². The monoisotopic (exact) mass is 367 g/mol. The van der Waals surface area contributed by atoms with Crippen molar-refractivity contribution >= 4 is 29.0 Å². The van der Waals surface area contributed by atoms with E-state index in [1.54, 1.807) is 24.5 Å². The van der Waals surface area contributed by atoms with E-state index in [4.69, 9.17) is 4.74 Å². The molecule has 2 N–H and O–H groups in total. The molecule has 2 amide bonds. The van der Waals surface area contributed by atoms with Crippen LogP contribution in [0, 0.1) is 5.92 Å². The number of nitrogens with one attached hydrogen (secondary N) is 2. The van der Waals surface area contributed by atoms with Gasteiger partial charge >= 0.3 is 0 Å². The molecule has 140 valence electrons. The first kappa shape index (κ1) is 17.4. The van der Waals surface area contributed by atoms with Gasteiger partial charge in [0.1, 0.15) is 5.82 Å². The Bertz CT molecular complexity index is 847. The minimum atomic E-state index is -0.278. The number of nitrogens with zero attached hydrogens (tertiary/aromatic N) is 3. The Morgan fingerprint density at radius 1 is 1.11 bits per heavy atom. The van der Waals surface area contributed by atoms with Crippen molar-refractivity contribution in [1.29, 1.82) is 0 Å². The van der Waals surface area contributed by atoms with E-state index in [2.05, 4.69) is 25.5 Å². The SMILES string of the molecule is O=C(Nc1cncc(N2CCOCC2)c1)c1ccnc(NC(=O)C2CC2)c1. The zero-order valence-corrected chi connectivity index (χ0v) is 14.9. The van der Waals surface area contributed by atoms with Gasteiger partial charge in [0, 0.05) is 30.8 Å². The molecular weight excluding hydrogens is 346 g/mol. The summed E-state index contributed by atoms with van der Waals surface area (Å²) in [6, 6.07) is 5.09. The predicted octanol–water partition coefficient (Wildman–Crippen LogP) is 1.91. The number of rotatable bonds is 5. The number of pyridine rings is 2. The molecule has 1 saturated carbocycles. The van der Waals surface area contributed by atoms with Crippen LogP contribution in [0.1, 0.15) is 23.2 Å². The van der Waals surface area contributed by atoms with Crippen LogP contribution in [0.25, 0.3) is 0 Å². The lowest BCUT2D eigenvalue weighted by molar-refractivity contribution is -0.117. The van der Waals surface area contributed by atoms with Crippen molar-refractivity contribution < 1.29 is 14.3 Å². The van der Waals surface area contributed by atoms with Crippen molar-refractivity contribution in [3.63, 3.8) is 0 Å². The lowest BCUT2D eigenvalue weighted by atomic mass is 10.2. The Balaban J connectivity index is 1.43. The summed E-state index contributed by atoms with van der Waals surface area (Å²) in [5, 5.41) is 5.61. The molecule has 1 aliphatic carbocycles. The Hall–Kier alpha value is -3.00. The maximum absolute atomic E-state index is 12.6. The highest BCUT2D eigenvalue weighted by Crippen LogP contribution is 2.30. The first-order valence-electron chi connectivity index (χ1n) is 9.05. The second kappa shape index (κ2) is 7.71. The van der Waals surface area contributed by atoms with Crippen LogP contribution in [0.5, 0.6) is 0 Å². The molecule has 4 rings (SSSR count). The molecular formula is C19H21N5O3. The van der Waals surface area contributed by atoms with E-state index in [1.807, 2.05) is 6.07 Å². The molecule has 3 heterocycles. The molecule has 2 fully saturated rings. The van der Waals surface area contributed by atoms with Gasteiger partial charge in [-0.05, 0) is 31.0 Å². The number of carbonyl (C=O) groups excluding carboxylic acids is 2. The molecule has 2 aliphatic rings. The van der Waals surface area contributed by atoms with Gasteiger partial charge in [-0.3, -0.25) is 14.6 Å². The fourth-order valence-corrected chi connectivity index (χ4v) is 2.91. The summed E-state index contributed by atoms with van der Waals surface area (Å²) in [5.74, 6) is 0.153. The number of ether oxygens (including phenoxy) is 1. The summed E-state index contributed by atoms with van der Waals surface area (Å²) in [7, 11) is 0. The fourth-order valence-electron chi connectivity index (χ4n) is 2.91. The summed E-state index contributed by atoms with van der Waals surface area (Å²) in [4.78, 5) is 34.9. The summed E-state index contributed by atoms with van der Waals surface area (Å²) >= 11 is 0. The molecule has 0 atom stereocenters. The van der Waals surface area contributed by atoms with E-state index in [1.165, 1.54) is 6.20 Å². The highest BCUT2D eigenvalue weighted by molar-refractivity contribution is 6.05. The van der Waals surface area contributed by atoms with Gasteiger partial charge in [-0.25, -0.2) is 4.98 Å². The van der Waals surface area contributed by atoms with E-state index < -0.39 is 0 Å². The van der Waals surface area contributed by atoms with E-state index >= 15 is 0 Å². The molecule has 0 radical (unpaired) electrons. The van der Waals surface area contributed by atoms with E-state index in [-0.39, 0.29) is 17.7 Å². The average molecular weight is 367 g/mol. The van der Waals surface area contributed by atoms with E-state index in [0.717, 1.165) is 31.6 Å². The Kier molecular flexibility index (Phi) is 4.97. The van der Waals surface area contributed by atoms with Crippen LogP contribution in [0.3, 0.4) is 0 Å². The first-order chi connectivity index (χ1) is 13.2. The lowest BCUT2D eigenvalue weighted by Gasteiger charge is -2.28. The van der Waals surface area contributed by atoms with Gasteiger partial charge in [-0.2, -0.15) is 0 Å². The van der Waals surface area contributed by atoms with Gasteiger partial charge in [0.15, 0.2) is 0 Å². The highest BCUT2D eigenvalue weighted by Gasteiger charge is 2.29. The fraction of sp³-hybridized carbons (Fsp3) is 0.368. The Labute approximate surface area is 156 Å². The minimum Gasteiger partial charge on any atom is -0.378 e. The van der Waals surface area contributed by atoms with E-state index in [0.29, 0.717) is 30.3 Å². The van der Waals surface area contributed by atoms with Crippen LogP contribution in [0.4, 0.5) is 17.2 Å². The third-order valence-corrected chi connectivity index (χ3v) is 4.58. The molecule has 0 aromatic carbocycles. The summed E-state index contributed by atoms with van der Waals surface area (Å²) in [6.07, 6.45) is 6.73. The standard InChI is InChI=1S/C19H21N5O3/c25-18(13-1-2-13)23-17-9-14(3-4-21-17)19(26)22-15-10-16(12-20-11-15)24-5-7-27-8-6-24/h3-4,9-13H,1-2,5-8H2,(H,22,26)(H,21,23,25). The van der Waals surface area contributed by atoms with Crippen molar-refractivity contribution in [2.75, 3.05) is 41.8 Å². The third-order valence-electron chi connectivity index (χ3n) is 4.58. The van der Waals surface area contributed by atoms with Crippen molar-refractivity contribution in [3.05, 3.63) is 42.4 Å². The smallest absolute Gasteiger partial charge is 0.255 e.